The minimum absolute atomic E-state index is 0.0703. The number of anilines is 1. The van der Waals surface area contributed by atoms with E-state index >= 15 is 0 Å². The van der Waals surface area contributed by atoms with Crippen molar-refractivity contribution in [2.24, 2.45) is 0 Å². The summed E-state index contributed by atoms with van der Waals surface area (Å²) in [6.07, 6.45) is 0. The molecule has 0 spiro atoms. The number of carbonyl (C=O) groups is 1. The van der Waals surface area contributed by atoms with Crippen LogP contribution < -0.4 is 10.1 Å². The number of nitrogens with zero attached hydrogens (tertiary/aromatic N) is 2. The van der Waals surface area contributed by atoms with Gasteiger partial charge in [-0.15, -0.1) is 0 Å². The maximum atomic E-state index is 12.2. The smallest absolute Gasteiger partial charge is 0.292 e. The monoisotopic (exact) mass is 363 g/mol. The largest absolute Gasteiger partial charge is 0.497 e. The molecule has 0 aliphatic rings. The van der Waals surface area contributed by atoms with Crippen molar-refractivity contribution >= 4 is 28.9 Å². The minimum atomic E-state index is -0.564. The fraction of sp³-hybridized carbons (Fsp3) is 0.235. The summed E-state index contributed by atoms with van der Waals surface area (Å²) in [5.41, 5.74) is 0.869. The molecule has 2 rings (SSSR count). The van der Waals surface area contributed by atoms with Gasteiger partial charge in [-0.05, 0) is 36.9 Å². The van der Waals surface area contributed by atoms with Gasteiger partial charge in [0.25, 0.3) is 5.69 Å². The fourth-order valence-corrected chi connectivity index (χ4v) is 2.51. The molecule has 0 aromatic heterocycles. The van der Waals surface area contributed by atoms with Gasteiger partial charge in [-0.1, -0.05) is 23.7 Å². The zero-order valence-electron chi connectivity index (χ0n) is 13.9. The van der Waals surface area contributed by atoms with Crippen LogP contribution in [-0.4, -0.2) is 36.4 Å². The van der Waals surface area contributed by atoms with Crippen molar-refractivity contribution < 1.29 is 14.5 Å². The van der Waals surface area contributed by atoms with E-state index < -0.39 is 4.92 Å². The number of methoxy groups -OCH3 is 1. The van der Waals surface area contributed by atoms with Crippen LogP contribution in [0.25, 0.3) is 0 Å². The van der Waals surface area contributed by atoms with E-state index in [0.717, 1.165) is 11.3 Å². The maximum Gasteiger partial charge on any atom is 0.292 e. The van der Waals surface area contributed by atoms with Crippen molar-refractivity contribution in [3.05, 3.63) is 63.2 Å². The minimum Gasteiger partial charge on any atom is -0.497 e. The molecule has 2 aromatic carbocycles. The molecule has 7 nitrogen and oxygen atoms in total. The first kappa shape index (κ1) is 18.7. The van der Waals surface area contributed by atoms with Gasteiger partial charge in [0, 0.05) is 17.6 Å². The molecule has 0 radical (unpaired) electrons. The second kappa shape index (κ2) is 8.46. The summed E-state index contributed by atoms with van der Waals surface area (Å²) in [6.45, 7) is 0.600. The average Bonchev–Trinajstić information content (AvgIpc) is 2.54. The van der Waals surface area contributed by atoms with Gasteiger partial charge >= 0.3 is 0 Å². The molecule has 0 heterocycles. The first-order valence-corrected chi connectivity index (χ1v) is 7.82. The Balaban J connectivity index is 2.00. The van der Waals surface area contributed by atoms with Gasteiger partial charge in [0.15, 0.2) is 0 Å². The zero-order valence-corrected chi connectivity index (χ0v) is 14.6. The molecule has 0 saturated heterocycles. The van der Waals surface area contributed by atoms with Gasteiger partial charge in [-0.2, -0.15) is 0 Å². The summed E-state index contributed by atoms with van der Waals surface area (Å²) in [7, 11) is 3.37. The normalized spacial score (nSPS) is 10.6. The van der Waals surface area contributed by atoms with Crippen LogP contribution >= 0.6 is 11.6 Å². The molecule has 0 saturated carbocycles. The van der Waals surface area contributed by atoms with E-state index in [0.29, 0.717) is 11.6 Å². The van der Waals surface area contributed by atoms with E-state index in [2.05, 4.69) is 5.32 Å². The van der Waals surface area contributed by atoms with Crippen LogP contribution in [0.2, 0.25) is 5.02 Å². The lowest BCUT2D eigenvalue weighted by atomic mass is 10.2. The SMILES string of the molecule is COc1cccc(CN(C)CC(=O)Nc2cc(Cl)ccc2[N+](=O)[O-])c1. The molecule has 2 aromatic rings. The molecule has 0 unspecified atom stereocenters. The fourth-order valence-electron chi connectivity index (χ4n) is 2.34. The molecule has 0 aliphatic heterocycles. The van der Waals surface area contributed by atoms with Gasteiger partial charge in [0.2, 0.25) is 5.91 Å². The van der Waals surface area contributed by atoms with Gasteiger partial charge < -0.3 is 10.1 Å². The number of hydrogen-bond acceptors (Lipinski definition) is 5. The third kappa shape index (κ3) is 5.44. The number of ether oxygens (including phenoxy) is 1. The number of benzene rings is 2. The third-order valence-corrected chi connectivity index (χ3v) is 3.66. The lowest BCUT2D eigenvalue weighted by Gasteiger charge is -2.17. The summed E-state index contributed by atoms with van der Waals surface area (Å²) in [5.74, 6) is 0.376. The molecule has 25 heavy (non-hydrogen) atoms. The molecule has 0 atom stereocenters. The van der Waals surface area contributed by atoms with Crippen molar-refractivity contribution in [1.82, 2.24) is 4.90 Å². The van der Waals surface area contributed by atoms with E-state index in [1.54, 1.807) is 19.1 Å². The number of rotatable bonds is 7. The van der Waals surface area contributed by atoms with Crippen molar-refractivity contribution in [2.75, 3.05) is 26.0 Å². The molecule has 0 bridgehead atoms. The number of likely N-dealkylation sites (N-methyl/N-ethyl adjacent to an activating group) is 1. The summed E-state index contributed by atoms with van der Waals surface area (Å²) in [4.78, 5) is 24.4. The van der Waals surface area contributed by atoms with Gasteiger partial charge in [-0.25, -0.2) is 0 Å². The third-order valence-electron chi connectivity index (χ3n) is 3.43. The lowest BCUT2D eigenvalue weighted by Crippen LogP contribution is -2.30. The lowest BCUT2D eigenvalue weighted by molar-refractivity contribution is -0.383. The molecule has 1 N–H and O–H groups in total. The highest BCUT2D eigenvalue weighted by atomic mass is 35.5. The van der Waals surface area contributed by atoms with Crippen LogP contribution in [0, 0.1) is 10.1 Å². The van der Waals surface area contributed by atoms with Gasteiger partial charge in [0.1, 0.15) is 11.4 Å². The average molecular weight is 364 g/mol. The van der Waals surface area contributed by atoms with E-state index in [1.807, 2.05) is 24.3 Å². The van der Waals surface area contributed by atoms with E-state index in [4.69, 9.17) is 16.3 Å². The van der Waals surface area contributed by atoms with Crippen LogP contribution in [0.5, 0.6) is 5.75 Å². The standard InChI is InChI=1S/C17H18ClN3O4/c1-20(10-12-4-3-5-14(8-12)25-2)11-17(22)19-15-9-13(18)6-7-16(15)21(23)24/h3-9H,10-11H2,1-2H3,(H,19,22). The molecule has 0 aliphatic carbocycles. The number of nitro groups is 1. The molecular weight excluding hydrogens is 346 g/mol. The summed E-state index contributed by atoms with van der Waals surface area (Å²) in [6, 6.07) is 11.6. The van der Waals surface area contributed by atoms with Crippen LogP contribution in [-0.2, 0) is 11.3 Å². The van der Waals surface area contributed by atoms with E-state index in [1.165, 1.54) is 18.2 Å². The highest BCUT2D eigenvalue weighted by Crippen LogP contribution is 2.27. The van der Waals surface area contributed by atoms with E-state index in [-0.39, 0.29) is 23.8 Å². The number of carbonyl (C=O) groups excluding carboxylic acids is 1. The molecule has 1 amide bonds. The Kier molecular flexibility index (Phi) is 6.32. The quantitative estimate of drug-likeness (QED) is 0.602. The summed E-state index contributed by atoms with van der Waals surface area (Å²) < 4.78 is 5.17. The summed E-state index contributed by atoms with van der Waals surface area (Å²) >= 11 is 5.85. The number of nitro benzene ring substituents is 1. The number of halogens is 1. The van der Waals surface area contributed by atoms with Crippen LogP contribution in [0.1, 0.15) is 5.56 Å². The predicted octanol–water partition coefficient (Wildman–Crippen LogP) is 3.33. The maximum absolute atomic E-state index is 12.2. The Morgan fingerprint density at radius 2 is 2.08 bits per heavy atom. The van der Waals surface area contributed by atoms with Crippen molar-refractivity contribution in [1.29, 1.82) is 0 Å². The Hall–Kier alpha value is -2.64. The number of nitrogens with one attached hydrogen (secondary N) is 1. The Bertz CT molecular complexity index is 782. The molecular formula is C17H18ClN3O4. The Morgan fingerprint density at radius 3 is 2.76 bits per heavy atom. The second-order valence-electron chi connectivity index (χ2n) is 5.49. The number of hydrogen-bond donors (Lipinski definition) is 1. The first-order chi connectivity index (χ1) is 11.9. The van der Waals surface area contributed by atoms with Crippen molar-refractivity contribution in [3.63, 3.8) is 0 Å². The summed E-state index contributed by atoms with van der Waals surface area (Å²) in [5, 5.41) is 13.9. The van der Waals surface area contributed by atoms with Crippen LogP contribution in [0.3, 0.4) is 0 Å². The number of amides is 1. The van der Waals surface area contributed by atoms with Crippen molar-refractivity contribution in [3.8, 4) is 5.75 Å². The molecule has 8 heteroatoms. The first-order valence-electron chi connectivity index (χ1n) is 7.44. The van der Waals surface area contributed by atoms with Crippen LogP contribution in [0.4, 0.5) is 11.4 Å². The van der Waals surface area contributed by atoms with Crippen molar-refractivity contribution in [2.45, 2.75) is 6.54 Å². The Labute approximate surface area is 150 Å². The Morgan fingerprint density at radius 1 is 1.32 bits per heavy atom. The topological polar surface area (TPSA) is 84.7 Å². The second-order valence-corrected chi connectivity index (χ2v) is 5.93. The molecule has 132 valence electrons. The predicted molar refractivity (Wildman–Crippen MR) is 96.1 cm³/mol. The van der Waals surface area contributed by atoms with Crippen LogP contribution in [0.15, 0.2) is 42.5 Å². The molecule has 0 fully saturated rings. The zero-order chi connectivity index (χ0) is 18.4. The van der Waals surface area contributed by atoms with Gasteiger partial charge in [-0.3, -0.25) is 19.8 Å². The van der Waals surface area contributed by atoms with E-state index in [9.17, 15) is 14.9 Å². The highest BCUT2D eigenvalue weighted by molar-refractivity contribution is 6.31. The highest BCUT2D eigenvalue weighted by Gasteiger charge is 2.17. The van der Waals surface area contributed by atoms with Gasteiger partial charge in [0.05, 0.1) is 18.6 Å².